The number of aromatic nitrogens is 2. The van der Waals surface area contributed by atoms with Crippen LogP contribution in [0.1, 0.15) is 52.3 Å². The third kappa shape index (κ3) is 4.01. The molecule has 0 bridgehead atoms. The largest absolute Gasteiger partial charge is 0.397 e. The van der Waals surface area contributed by atoms with Crippen molar-refractivity contribution in [1.82, 2.24) is 15.3 Å². The number of aryl methyl sites for hydroxylation is 2. The summed E-state index contributed by atoms with van der Waals surface area (Å²) in [6, 6.07) is 5.51. The summed E-state index contributed by atoms with van der Waals surface area (Å²) in [4.78, 5) is 25.5. The van der Waals surface area contributed by atoms with Crippen molar-refractivity contribution in [2.24, 2.45) is 5.73 Å². The van der Waals surface area contributed by atoms with E-state index in [-0.39, 0.29) is 29.3 Å². The van der Waals surface area contributed by atoms with Crippen molar-refractivity contribution in [1.29, 1.82) is 0 Å². The molecule has 0 aromatic carbocycles. The van der Waals surface area contributed by atoms with E-state index in [2.05, 4.69) is 27.3 Å². The van der Waals surface area contributed by atoms with Crippen molar-refractivity contribution < 1.29 is 13.9 Å². The van der Waals surface area contributed by atoms with Gasteiger partial charge in [0.05, 0.1) is 24.0 Å². The van der Waals surface area contributed by atoms with Crippen LogP contribution in [0, 0.1) is 12.7 Å². The highest BCUT2D eigenvalue weighted by atomic mass is 32.1. The van der Waals surface area contributed by atoms with Gasteiger partial charge in [0.15, 0.2) is 0 Å². The number of nitrogens with zero attached hydrogens (tertiary/aromatic N) is 3. The zero-order chi connectivity index (χ0) is 25.0. The fraction of sp³-hybridized carbons (Fsp3) is 0.500. The van der Waals surface area contributed by atoms with Gasteiger partial charge in [0.2, 0.25) is 0 Å². The van der Waals surface area contributed by atoms with Crippen molar-refractivity contribution in [3.8, 4) is 0 Å². The second-order valence-electron chi connectivity index (χ2n) is 10.3. The van der Waals surface area contributed by atoms with E-state index in [0.717, 1.165) is 68.9 Å². The SMILES string of the molecule is Cc1nc2sc(C(=O)NC3CCc4nc(N5CC(N)C6(CCCCO6)C5)ccc4C3)c(N)c2cc1F. The maximum atomic E-state index is 14.0. The quantitative estimate of drug-likeness (QED) is 0.495. The lowest BCUT2D eigenvalue weighted by Gasteiger charge is -2.36. The van der Waals surface area contributed by atoms with E-state index in [1.165, 1.54) is 17.4 Å². The van der Waals surface area contributed by atoms with E-state index in [4.69, 9.17) is 21.2 Å². The molecule has 6 rings (SSSR count). The molecular formula is C26H31FN6O2S. The number of nitrogen functional groups attached to an aromatic ring is 1. The number of halogens is 1. The van der Waals surface area contributed by atoms with Gasteiger partial charge in [0.25, 0.3) is 5.91 Å². The van der Waals surface area contributed by atoms with E-state index in [1.54, 1.807) is 6.92 Å². The van der Waals surface area contributed by atoms with Crippen molar-refractivity contribution in [2.45, 2.75) is 63.1 Å². The number of amides is 1. The summed E-state index contributed by atoms with van der Waals surface area (Å²) in [5.41, 5.74) is 15.2. The maximum Gasteiger partial charge on any atom is 0.263 e. The number of carbonyl (C=O) groups excluding carboxylic acids is 1. The first-order valence-electron chi connectivity index (χ1n) is 12.6. The smallest absolute Gasteiger partial charge is 0.263 e. The van der Waals surface area contributed by atoms with Crippen LogP contribution in [0.2, 0.25) is 0 Å². The number of nitrogens with two attached hydrogens (primary N) is 2. The van der Waals surface area contributed by atoms with E-state index in [1.807, 2.05) is 0 Å². The van der Waals surface area contributed by atoms with Crippen molar-refractivity contribution in [3.63, 3.8) is 0 Å². The van der Waals surface area contributed by atoms with Gasteiger partial charge in [0.1, 0.15) is 26.9 Å². The topological polar surface area (TPSA) is 119 Å². The molecule has 1 aliphatic carbocycles. The van der Waals surface area contributed by atoms with Crippen molar-refractivity contribution >= 4 is 39.0 Å². The number of fused-ring (bicyclic) bond motifs is 2. The zero-order valence-electron chi connectivity index (χ0n) is 20.3. The molecule has 3 aromatic heterocycles. The lowest BCUT2D eigenvalue weighted by Crippen LogP contribution is -2.51. The van der Waals surface area contributed by atoms with Gasteiger partial charge in [-0.2, -0.15) is 0 Å². The molecule has 0 saturated carbocycles. The molecule has 3 unspecified atom stereocenters. The molecule has 36 heavy (non-hydrogen) atoms. The number of ether oxygens (including phenoxy) is 1. The average molecular weight is 511 g/mol. The van der Waals surface area contributed by atoms with E-state index in [0.29, 0.717) is 27.2 Å². The third-order valence-electron chi connectivity index (χ3n) is 7.90. The van der Waals surface area contributed by atoms with Crippen molar-refractivity contribution in [2.75, 3.05) is 30.3 Å². The van der Waals surface area contributed by atoms with E-state index < -0.39 is 5.82 Å². The van der Waals surface area contributed by atoms with Crippen LogP contribution in [0.15, 0.2) is 18.2 Å². The fourth-order valence-electron chi connectivity index (χ4n) is 5.80. The van der Waals surface area contributed by atoms with Crippen LogP contribution >= 0.6 is 11.3 Å². The summed E-state index contributed by atoms with van der Waals surface area (Å²) in [6.45, 7) is 3.92. The highest BCUT2D eigenvalue weighted by Crippen LogP contribution is 2.36. The molecule has 190 valence electrons. The first-order valence-corrected chi connectivity index (χ1v) is 13.4. The predicted octanol–water partition coefficient (Wildman–Crippen LogP) is 3.09. The van der Waals surface area contributed by atoms with Gasteiger partial charge in [-0.3, -0.25) is 4.79 Å². The van der Waals surface area contributed by atoms with Gasteiger partial charge < -0.3 is 26.4 Å². The number of carbonyl (C=O) groups is 1. The normalized spacial score (nSPS) is 25.9. The van der Waals surface area contributed by atoms with Crippen LogP contribution in [0.25, 0.3) is 10.2 Å². The average Bonchev–Trinajstić information content (AvgIpc) is 3.36. The minimum Gasteiger partial charge on any atom is -0.397 e. The number of thiophene rings is 1. The molecule has 3 atom stereocenters. The Morgan fingerprint density at radius 3 is 3.00 bits per heavy atom. The van der Waals surface area contributed by atoms with Gasteiger partial charge >= 0.3 is 0 Å². The lowest BCUT2D eigenvalue weighted by atomic mass is 9.89. The minimum absolute atomic E-state index is 0.00725. The minimum atomic E-state index is -0.424. The third-order valence-corrected chi connectivity index (χ3v) is 9.01. The Hall–Kier alpha value is -2.82. The molecule has 2 fully saturated rings. The molecule has 10 heteroatoms. The molecule has 3 aliphatic rings. The monoisotopic (exact) mass is 510 g/mol. The van der Waals surface area contributed by atoms with Crippen LogP contribution < -0.4 is 21.7 Å². The van der Waals surface area contributed by atoms with E-state index >= 15 is 0 Å². The van der Waals surface area contributed by atoms with Crippen LogP contribution in [0.5, 0.6) is 0 Å². The molecule has 1 spiro atoms. The summed E-state index contributed by atoms with van der Waals surface area (Å²) >= 11 is 1.20. The summed E-state index contributed by atoms with van der Waals surface area (Å²) in [7, 11) is 0. The molecule has 2 aliphatic heterocycles. The summed E-state index contributed by atoms with van der Waals surface area (Å²) in [5.74, 6) is 0.285. The first-order chi connectivity index (χ1) is 17.3. The Kier molecular flexibility index (Phi) is 5.85. The summed E-state index contributed by atoms with van der Waals surface area (Å²) in [5, 5.41) is 3.61. The standard InChI is InChI=1S/C26H31FN6O2S/c1-14-18(27)11-17-22(29)23(36-25(17)30-14)24(34)31-16-5-6-19-15(10-16)4-7-21(32-19)33-12-20(28)26(13-33)8-2-3-9-35-26/h4,7,11,16,20H,2-3,5-6,8-10,12-13,28-29H2,1H3,(H,31,34). The van der Waals surface area contributed by atoms with Crippen LogP contribution in [-0.4, -0.2) is 53.3 Å². The number of hydrogen-bond donors (Lipinski definition) is 3. The van der Waals surface area contributed by atoms with Gasteiger partial charge in [-0.15, -0.1) is 11.3 Å². The van der Waals surface area contributed by atoms with Gasteiger partial charge in [-0.05, 0) is 63.1 Å². The van der Waals surface area contributed by atoms with Crippen LogP contribution in [0.4, 0.5) is 15.9 Å². The van der Waals surface area contributed by atoms with E-state index in [9.17, 15) is 9.18 Å². The molecule has 0 radical (unpaired) electrons. The fourth-order valence-corrected chi connectivity index (χ4v) is 6.82. The second kappa shape index (κ2) is 8.93. The highest BCUT2D eigenvalue weighted by molar-refractivity contribution is 7.21. The lowest BCUT2D eigenvalue weighted by molar-refractivity contribution is -0.0717. The molecule has 5 N–H and O–H groups in total. The van der Waals surface area contributed by atoms with Crippen LogP contribution in [-0.2, 0) is 17.6 Å². The molecule has 8 nitrogen and oxygen atoms in total. The number of hydrogen-bond acceptors (Lipinski definition) is 8. The molecule has 3 aromatic rings. The molecule has 1 amide bonds. The highest BCUT2D eigenvalue weighted by Gasteiger charge is 2.47. The second-order valence-corrected chi connectivity index (χ2v) is 11.3. The number of rotatable bonds is 3. The molecular weight excluding hydrogens is 479 g/mol. The Morgan fingerprint density at radius 1 is 1.33 bits per heavy atom. The summed E-state index contributed by atoms with van der Waals surface area (Å²) < 4.78 is 20.1. The Morgan fingerprint density at radius 2 is 2.19 bits per heavy atom. The predicted molar refractivity (Wildman–Crippen MR) is 139 cm³/mol. The Balaban J connectivity index is 1.14. The Labute approximate surface area is 213 Å². The number of nitrogens with one attached hydrogen (secondary N) is 1. The van der Waals surface area contributed by atoms with Gasteiger partial charge in [-0.1, -0.05) is 6.07 Å². The molecule has 2 saturated heterocycles. The van der Waals surface area contributed by atoms with Gasteiger partial charge in [-0.25, -0.2) is 14.4 Å². The number of anilines is 2. The Bertz CT molecular complexity index is 1340. The van der Waals surface area contributed by atoms with Crippen LogP contribution in [0.3, 0.4) is 0 Å². The van der Waals surface area contributed by atoms with Gasteiger partial charge in [0, 0.05) is 30.3 Å². The van der Waals surface area contributed by atoms with Crippen molar-refractivity contribution in [3.05, 3.63) is 45.8 Å². The summed E-state index contributed by atoms with van der Waals surface area (Å²) in [6.07, 6.45) is 5.55. The zero-order valence-corrected chi connectivity index (χ0v) is 21.2. The first kappa shape index (κ1) is 23.6. The molecule has 5 heterocycles. The number of pyridine rings is 2. The maximum absolute atomic E-state index is 14.0.